The summed E-state index contributed by atoms with van der Waals surface area (Å²) in [6.45, 7) is 1.17. The summed E-state index contributed by atoms with van der Waals surface area (Å²) in [5.74, 6) is -2.52. The zero-order chi connectivity index (χ0) is 22.1. The van der Waals surface area contributed by atoms with Gasteiger partial charge in [0.2, 0.25) is 5.13 Å². The minimum absolute atomic E-state index is 0.0331. The summed E-state index contributed by atoms with van der Waals surface area (Å²) in [5.41, 5.74) is 0.691. The maximum absolute atomic E-state index is 12.7. The average molecular weight is 457 g/mol. The van der Waals surface area contributed by atoms with Crippen LogP contribution in [0.4, 0.5) is 10.8 Å². The van der Waals surface area contributed by atoms with Gasteiger partial charge in [-0.15, -0.1) is 10.2 Å². The number of rotatable bonds is 5. The lowest BCUT2D eigenvalue weighted by molar-refractivity contribution is -0.119. The highest BCUT2D eigenvalue weighted by atomic mass is 35.5. The van der Waals surface area contributed by atoms with E-state index in [2.05, 4.69) is 15.5 Å². The minimum atomic E-state index is -0.811. The van der Waals surface area contributed by atoms with Gasteiger partial charge >= 0.3 is 5.97 Å². The summed E-state index contributed by atoms with van der Waals surface area (Å²) in [6, 6.07) is 10.5. The first-order valence-electron chi connectivity index (χ1n) is 8.89. The highest BCUT2D eigenvalue weighted by Crippen LogP contribution is 2.31. The molecule has 9 nitrogen and oxygen atoms in total. The van der Waals surface area contributed by atoms with Crippen molar-refractivity contribution in [3.05, 3.63) is 69.2 Å². The van der Waals surface area contributed by atoms with Gasteiger partial charge in [0.05, 0.1) is 16.7 Å². The summed E-state index contributed by atoms with van der Waals surface area (Å²) < 4.78 is 5.01. The van der Waals surface area contributed by atoms with Crippen LogP contribution in [0.15, 0.2) is 42.5 Å². The van der Waals surface area contributed by atoms with Gasteiger partial charge in [-0.25, -0.2) is 9.69 Å². The lowest BCUT2D eigenvalue weighted by atomic mass is 10.1. The fourth-order valence-electron chi connectivity index (χ4n) is 2.90. The zero-order valence-electron chi connectivity index (χ0n) is 15.9. The highest BCUT2D eigenvalue weighted by Gasteiger charge is 2.39. The van der Waals surface area contributed by atoms with E-state index in [9.17, 15) is 19.2 Å². The van der Waals surface area contributed by atoms with Gasteiger partial charge in [-0.2, -0.15) is 0 Å². The average Bonchev–Trinajstić information content (AvgIpc) is 3.26. The first-order valence-corrected chi connectivity index (χ1v) is 10.1. The van der Waals surface area contributed by atoms with Crippen LogP contribution >= 0.6 is 22.9 Å². The summed E-state index contributed by atoms with van der Waals surface area (Å²) in [7, 11) is 0. The Morgan fingerprint density at radius 1 is 1.10 bits per heavy atom. The van der Waals surface area contributed by atoms with Gasteiger partial charge in [0.25, 0.3) is 17.7 Å². The van der Waals surface area contributed by atoms with Gasteiger partial charge in [-0.1, -0.05) is 29.0 Å². The van der Waals surface area contributed by atoms with Crippen molar-refractivity contribution in [1.29, 1.82) is 0 Å². The maximum Gasteiger partial charge on any atom is 0.338 e. The van der Waals surface area contributed by atoms with Gasteiger partial charge in [0.15, 0.2) is 6.61 Å². The van der Waals surface area contributed by atoms with E-state index in [1.165, 1.54) is 18.2 Å². The van der Waals surface area contributed by atoms with E-state index in [-0.39, 0.29) is 21.8 Å². The quantitative estimate of drug-likeness (QED) is 0.462. The highest BCUT2D eigenvalue weighted by molar-refractivity contribution is 7.15. The van der Waals surface area contributed by atoms with Crippen LogP contribution in [0, 0.1) is 6.92 Å². The number of halogens is 1. The molecule has 156 valence electrons. The Kier molecular flexibility index (Phi) is 5.49. The summed E-state index contributed by atoms with van der Waals surface area (Å²) in [4.78, 5) is 50.5. The van der Waals surface area contributed by atoms with Crippen LogP contribution in [0.25, 0.3) is 0 Å². The van der Waals surface area contributed by atoms with Gasteiger partial charge in [0, 0.05) is 10.7 Å². The number of ether oxygens (including phenoxy) is 1. The van der Waals surface area contributed by atoms with E-state index < -0.39 is 30.3 Å². The molecule has 2 heterocycles. The monoisotopic (exact) mass is 456 g/mol. The third-order valence-electron chi connectivity index (χ3n) is 4.27. The molecule has 0 spiro atoms. The molecule has 1 aromatic heterocycles. The molecule has 0 atom stereocenters. The molecule has 0 unspecified atom stereocenters. The number of esters is 1. The number of benzene rings is 2. The largest absolute Gasteiger partial charge is 0.452 e. The number of hydrogen-bond acceptors (Lipinski definition) is 8. The van der Waals surface area contributed by atoms with Crippen LogP contribution in [0.3, 0.4) is 0 Å². The first kappa shape index (κ1) is 20.6. The zero-order valence-corrected chi connectivity index (χ0v) is 17.5. The van der Waals surface area contributed by atoms with E-state index >= 15 is 0 Å². The first-order chi connectivity index (χ1) is 14.8. The van der Waals surface area contributed by atoms with Crippen molar-refractivity contribution in [2.45, 2.75) is 6.92 Å². The standard InChI is InChI=1S/C20H13ClN4O5S/c1-10-23-24-20(31-10)25-17(27)14-6-5-11(7-15(14)18(25)28)19(29)30-9-16(26)22-13-4-2-3-12(21)8-13/h2-8H,9H2,1H3,(H,22,26). The van der Waals surface area contributed by atoms with E-state index in [1.54, 1.807) is 31.2 Å². The predicted molar refractivity (Wildman–Crippen MR) is 113 cm³/mol. The summed E-state index contributed by atoms with van der Waals surface area (Å²) >= 11 is 6.96. The molecular formula is C20H13ClN4O5S. The van der Waals surface area contributed by atoms with Crippen molar-refractivity contribution in [1.82, 2.24) is 10.2 Å². The number of aryl methyl sites for hydroxylation is 1. The predicted octanol–water partition coefficient (Wildman–Crippen LogP) is 3.10. The van der Waals surface area contributed by atoms with Crippen molar-refractivity contribution in [2.75, 3.05) is 16.8 Å². The number of imide groups is 1. The molecule has 1 aliphatic rings. The molecular weight excluding hydrogens is 444 g/mol. The fraction of sp³-hybridized carbons (Fsp3) is 0.100. The molecule has 4 rings (SSSR count). The number of nitrogens with zero attached hydrogens (tertiary/aromatic N) is 3. The van der Waals surface area contributed by atoms with Crippen LogP contribution in [-0.4, -0.2) is 40.5 Å². The Hall–Kier alpha value is -3.63. The molecule has 0 saturated heterocycles. The second kappa shape index (κ2) is 8.25. The number of fused-ring (bicyclic) bond motifs is 1. The number of anilines is 2. The smallest absolute Gasteiger partial charge is 0.338 e. The number of amides is 3. The third-order valence-corrected chi connectivity index (χ3v) is 5.33. The second-order valence-corrected chi connectivity index (χ2v) is 8.04. The van der Waals surface area contributed by atoms with Crippen molar-refractivity contribution in [3.8, 4) is 0 Å². The SMILES string of the molecule is Cc1nnc(N2C(=O)c3ccc(C(=O)OCC(=O)Nc4cccc(Cl)c4)cc3C2=O)s1. The number of carbonyl (C=O) groups excluding carboxylic acids is 4. The Balaban J connectivity index is 1.44. The van der Waals surface area contributed by atoms with Crippen LogP contribution < -0.4 is 10.2 Å². The van der Waals surface area contributed by atoms with Crippen LogP contribution in [-0.2, 0) is 9.53 Å². The fourth-order valence-corrected chi connectivity index (χ4v) is 3.77. The van der Waals surface area contributed by atoms with Crippen molar-refractivity contribution >= 4 is 57.4 Å². The maximum atomic E-state index is 12.7. The number of nitrogens with one attached hydrogen (secondary N) is 1. The molecule has 11 heteroatoms. The van der Waals surface area contributed by atoms with Crippen LogP contribution in [0.2, 0.25) is 5.02 Å². The number of carbonyl (C=O) groups is 4. The molecule has 1 N–H and O–H groups in total. The Labute approximate surface area is 184 Å². The molecule has 0 bridgehead atoms. The van der Waals surface area contributed by atoms with Gasteiger partial charge < -0.3 is 10.1 Å². The number of aromatic nitrogens is 2. The molecule has 0 aliphatic carbocycles. The molecule has 31 heavy (non-hydrogen) atoms. The summed E-state index contributed by atoms with van der Waals surface area (Å²) in [5, 5.41) is 11.4. The van der Waals surface area contributed by atoms with Crippen molar-refractivity contribution in [2.24, 2.45) is 0 Å². The topological polar surface area (TPSA) is 119 Å². The molecule has 0 fully saturated rings. The van der Waals surface area contributed by atoms with E-state index in [4.69, 9.17) is 16.3 Å². The normalized spacial score (nSPS) is 12.6. The molecule has 3 aromatic rings. The van der Waals surface area contributed by atoms with Crippen LogP contribution in [0.1, 0.15) is 36.1 Å². The van der Waals surface area contributed by atoms with Gasteiger partial charge in [0.1, 0.15) is 5.01 Å². The van der Waals surface area contributed by atoms with Crippen LogP contribution in [0.5, 0.6) is 0 Å². The van der Waals surface area contributed by atoms with Gasteiger partial charge in [-0.05, 0) is 43.3 Å². The lowest BCUT2D eigenvalue weighted by Gasteiger charge is -2.08. The van der Waals surface area contributed by atoms with E-state index in [0.717, 1.165) is 16.2 Å². The second-order valence-electron chi connectivity index (χ2n) is 6.44. The Morgan fingerprint density at radius 3 is 2.58 bits per heavy atom. The van der Waals surface area contributed by atoms with Crippen molar-refractivity contribution < 1.29 is 23.9 Å². The molecule has 0 radical (unpaired) electrons. The molecule has 3 amide bonds. The lowest BCUT2D eigenvalue weighted by Crippen LogP contribution is -2.29. The number of hydrogen-bond donors (Lipinski definition) is 1. The third kappa shape index (κ3) is 4.16. The van der Waals surface area contributed by atoms with Gasteiger partial charge in [-0.3, -0.25) is 14.4 Å². The van der Waals surface area contributed by atoms with Crippen molar-refractivity contribution in [3.63, 3.8) is 0 Å². The Morgan fingerprint density at radius 2 is 1.87 bits per heavy atom. The molecule has 2 aromatic carbocycles. The minimum Gasteiger partial charge on any atom is -0.452 e. The Bertz CT molecular complexity index is 1240. The molecule has 0 saturated carbocycles. The van der Waals surface area contributed by atoms with E-state index in [1.807, 2.05) is 0 Å². The summed E-state index contributed by atoms with van der Waals surface area (Å²) in [6.07, 6.45) is 0. The van der Waals surface area contributed by atoms with E-state index in [0.29, 0.717) is 15.7 Å². The molecule has 1 aliphatic heterocycles.